The number of rotatable bonds is 11. The summed E-state index contributed by atoms with van der Waals surface area (Å²) in [6.07, 6.45) is -1.12. The van der Waals surface area contributed by atoms with E-state index in [9.17, 15) is 23.2 Å². The number of benzene rings is 2. The Kier molecular flexibility index (Phi) is 10.0. The van der Waals surface area contributed by atoms with Crippen molar-refractivity contribution in [2.75, 3.05) is 13.7 Å². The van der Waals surface area contributed by atoms with Gasteiger partial charge in [-0.3, -0.25) is 14.4 Å². The van der Waals surface area contributed by atoms with E-state index < -0.39 is 42.5 Å². The van der Waals surface area contributed by atoms with Gasteiger partial charge in [0.15, 0.2) is 5.84 Å². The van der Waals surface area contributed by atoms with Crippen LogP contribution in [0.4, 0.5) is 8.78 Å². The average molecular weight is 567 g/mol. The second kappa shape index (κ2) is 13.2. The Morgan fingerprint density at radius 3 is 2.44 bits per heavy atom. The molecular weight excluding hydrogens is 538 g/mol. The van der Waals surface area contributed by atoms with Crippen LogP contribution in [0.3, 0.4) is 0 Å². The molecule has 2 aromatic carbocycles. The van der Waals surface area contributed by atoms with Crippen molar-refractivity contribution >= 4 is 35.2 Å². The molecule has 0 aliphatic carbocycles. The molecule has 10 nitrogen and oxygen atoms in total. The minimum atomic E-state index is -3.13. The summed E-state index contributed by atoms with van der Waals surface area (Å²) in [5, 5.41) is 6.45. The summed E-state index contributed by atoms with van der Waals surface area (Å²) in [6, 6.07) is 9.78. The first-order valence-electron chi connectivity index (χ1n) is 12.0. The quantitative estimate of drug-likeness (QED) is 0.184. The Hall–Kier alpha value is -3.93. The number of nitrogens with zero attached hydrogens (tertiary/aromatic N) is 2. The van der Waals surface area contributed by atoms with Crippen LogP contribution in [-0.2, 0) is 30.5 Å². The van der Waals surface area contributed by atoms with Gasteiger partial charge in [-0.1, -0.05) is 54.9 Å². The number of oxime groups is 1. The van der Waals surface area contributed by atoms with Crippen molar-refractivity contribution in [1.29, 1.82) is 0 Å². The van der Waals surface area contributed by atoms with E-state index in [0.29, 0.717) is 12.0 Å². The first kappa shape index (κ1) is 29.6. The molecule has 0 unspecified atom stereocenters. The van der Waals surface area contributed by atoms with Crippen LogP contribution in [0.5, 0.6) is 5.75 Å². The largest absolute Gasteiger partial charge is 0.447 e. The predicted octanol–water partition coefficient (Wildman–Crippen LogP) is 3.37. The molecular formula is C26H29ClF2N4O6. The number of alkyl halides is 2. The van der Waals surface area contributed by atoms with Gasteiger partial charge in [0.2, 0.25) is 12.0 Å². The number of amidine groups is 1. The van der Waals surface area contributed by atoms with Gasteiger partial charge in [-0.25, -0.2) is 0 Å². The van der Waals surface area contributed by atoms with E-state index in [-0.39, 0.29) is 35.3 Å². The average Bonchev–Trinajstić information content (AvgIpc) is 2.84. The molecule has 0 radical (unpaired) electrons. The molecule has 1 heterocycles. The summed E-state index contributed by atoms with van der Waals surface area (Å²) >= 11 is 6.06. The first-order valence-corrected chi connectivity index (χ1v) is 12.4. The molecule has 0 bridgehead atoms. The maximum atomic E-state index is 13.5. The van der Waals surface area contributed by atoms with Crippen LogP contribution >= 0.6 is 11.6 Å². The van der Waals surface area contributed by atoms with Crippen LogP contribution in [0, 0.1) is 5.92 Å². The fourth-order valence-electron chi connectivity index (χ4n) is 3.75. The summed E-state index contributed by atoms with van der Waals surface area (Å²) in [7, 11) is 1.38. The van der Waals surface area contributed by atoms with Crippen molar-refractivity contribution in [2.45, 2.75) is 45.6 Å². The highest BCUT2D eigenvalue weighted by molar-refractivity contribution is 6.30. The highest BCUT2D eigenvalue weighted by atomic mass is 35.5. The number of nitrogens with two attached hydrogens (primary N) is 1. The lowest BCUT2D eigenvalue weighted by Crippen LogP contribution is -2.59. The van der Waals surface area contributed by atoms with Gasteiger partial charge in [-0.05, 0) is 30.2 Å². The monoisotopic (exact) mass is 566 g/mol. The van der Waals surface area contributed by atoms with Crippen LogP contribution in [-0.4, -0.2) is 54.8 Å². The maximum Gasteiger partial charge on any atom is 0.387 e. The number of ether oxygens (including phenoxy) is 2. The summed E-state index contributed by atoms with van der Waals surface area (Å²) in [4.78, 5) is 44.7. The number of esters is 1. The Balaban J connectivity index is 1.73. The summed E-state index contributed by atoms with van der Waals surface area (Å²) in [6.45, 7) is 0.462. The molecule has 39 heavy (non-hydrogen) atoms. The Bertz CT molecular complexity index is 1230. The molecule has 2 amide bonds. The molecule has 1 aliphatic rings. The number of carbonyl (C=O) groups is 3. The second-order valence-corrected chi connectivity index (χ2v) is 9.42. The molecule has 1 fully saturated rings. The molecule has 210 valence electrons. The Morgan fingerprint density at radius 1 is 1.18 bits per heavy atom. The third-order valence-electron chi connectivity index (χ3n) is 5.86. The Morgan fingerprint density at radius 2 is 1.87 bits per heavy atom. The maximum absolute atomic E-state index is 13.5. The smallest absolute Gasteiger partial charge is 0.387 e. The minimum absolute atomic E-state index is 0.000662. The molecule has 13 heteroatoms. The third-order valence-corrected chi connectivity index (χ3v) is 6.08. The van der Waals surface area contributed by atoms with Crippen LogP contribution in [0.15, 0.2) is 47.6 Å². The fourth-order valence-corrected chi connectivity index (χ4v) is 3.98. The SMILES string of the molecule is CO/N=C(\N)c1ccc(CNC(=O)[C@@H]2CCN2C(=O)[C@H](OC(=O)C(C)C)c2cc(Cl)cc(OC(F)F)c2)cc1. The van der Waals surface area contributed by atoms with Crippen molar-refractivity contribution in [3.05, 3.63) is 64.2 Å². The van der Waals surface area contributed by atoms with Crippen molar-refractivity contribution < 1.29 is 37.5 Å². The van der Waals surface area contributed by atoms with Crippen LogP contribution < -0.4 is 15.8 Å². The normalized spacial score (nSPS) is 15.9. The van der Waals surface area contributed by atoms with E-state index in [1.165, 1.54) is 18.1 Å². The van der Waals surface area contributed by atoms with Crippen molar-refractivity contribution in [1.82, 2.24) is 10.2 Å². The summed E-state index contributed by atoms with van der Waals surface area (Å²) in [5.74, 6) is -2.44. The number of hydrogen-bond donors (Lipinski definition) is 2. The Labute approximate surface area is 229 Å². The molecule has 3 rings (SSSR count). The lowest BCUT2D eigenvalue weighted by atomic mass is 9.98. The molecule has 3 N–H and O–H groups in total. The van der Waals surface area contributed by atoms with E-state index in [1.54, 1.807) is 38.1 Å². The van der Waals surface area contributed by atoms with Crippen molar-refractivity contribution in [2.24, 2.45) is 16.8 Å². The standard InChI is InChI=1S/C26H29ClF2N4O6/c1-14(2)25(36)39-21(17-10-18(27)12-19(11-17)38-26(28)29)24(35)33-9-8-20(33)23(34)31-13-15-4-6-16(7-5-15)22(30)32-37-3/h4-7,10-12,14,20-21,26H,8-9,13H2,1-3H3,(H2,30,32)(H,31,34)/t20-,21+/m0/s1. The lowest BCUT2D eigenvalue weighted by Gasteiger charge is -2.41. The topological polar surface area (TPSA) is 133 Å². The number of nitrogens with one attached hydrogen (secondary N) is 1. The molecule has 2 aromatic rings. The van der Waals surface area contributed by atoms with E-state index in [4.69, 9.17) is 22.1 Å². The van der Waals surface area contributed by atoms with E-state index in [1.807, 2.05) is 0 Å². The number of halogens is 3. The molecule has 0 aromatic heterocycles. The van der Waals surface area contributed by atoms with Gasteiger partial charge in [-0.2, -0.15) is 8.78 Å². The van der Waals surface area contributed by atoms with Crippen molar-refractivity contribution in [3.8, 4) is 5.75 Å². The highest BCUT2D eigenvalue weighted by Crippen LogP contribution is 2.32. The van der Waals surface area contributed by atoms with Gasteiger partial charge in [0.25, 0.3) is 5.91 Å². The van der Waals surface area contributed by atoms with Crippen molar-refractivity contribution in [3.63, 3.8) is 0 Å². The number of amides is 2. The van der Waals surface area contributed by atoms with Gasteiger partial charge < -0.3 is 30.3 Å². The minimum Gasteiger partial charge on any atom is -0.447 e. The third kappa shape index (κ3) is 7.79. The highest BCUT2D eigenvalue weighted by Gasteiger charge is 2.42. The summed E-state index contributed by atoms with van der Waals surface area (Å²) in [5.41, 5.74) is 7.24. The molecule has 0 saturated carbocycles. The van der Waals surface area contributed by atoms with E-state index in [2.05, 4.69) is 20.0 Å². The zero-order valence-corrected chi connectivity index (χ0v) is 22.3. The zero-order chi connectivity index (χ0) is 28.7. The lowest BCUT2D eigenvalue weighted by molar-refractivity contribution is -0.168. The van der Waals surface area contributed by atoms with Crippen LogP contribution in [0.2, 0.25) is 5.02 Å². The van der Waals surface area contributed by atoms with Gasteiger partial charge in [0, 0.05) is 29.2 Å². The second-order valence-electron chi connectivity index (χ2n) is 8.98. The predicted molar refractivity (Wildman–Crippen MR) is 138 cm³/mol. The number of hydrogen-bond acceptors (Lipinski definition) is 7. The molecule has 1 saturated heterocycles. The summed E-state index contributed by atoms with van der Waals surface area (Å²) < 4.78 is 35.4. The van der Waals surface area contributed by atoms with E-state index >= 15 is 0 Å². The zero-order valence-electron chi connectivity index (χ0n) is 21.5. The van der Waals surface area contributed by atoms with Crippen LogP contribution in [0.1, 0.15) is 43.1 Å². The van der Waals surface area contributed by atoms with E-state index in [0.717, 1.165) is 17.7 Å². The number of likely N-dealkylation sites (tertiary alicyclic amines) is 1. The first-order chi connectivity index (χ1) is 18.5. The van der Waals surface area contributed by atoms with Gasteiger partial charge >= 0.3 is 12.6 Å². The number of carbonyl (C=O) groups excluding carboxylic acids is 3. The molecule has 2 atom stereocenters. The van der Waals surface area contributed by atoms with Gasteiger partial charge in [-0.15, -0.1) is 0 Å². The van der Waals surface area contributed by atoms with Gasteiger partial charge in [0.1, 0.15) is 18.9 Å². The fraction of sp³-hybridized carbons (Fsp3) is 0.385. The van der Waals surface area contributed by atoms with Crippen LogP contribution in [0.25, 0.3) is 0 Å². The molecule has 0 spiro atoms. The van der Waals surface area contributed by atoms with Gasteiger partial charge in [0.05, 0.1) is 5.92 Å². The molecule has 1 aliphatic heterocycles.